The lowest BCUT2D eigenvalue weighted by atomic mass is 10.1. The van der Waals surface area contributed by atoms with Crippen molar-refractivity contribution in [2.75, 3.05) is 0 Å². The van der Waals surface area contributed by atoms with Gasteiger partial charge in [-0.15, -0.1) is 0 Å². The Bertz CT molecular complexity index is 1770. The quantitative estimate of drug-likeness (QED) is 0.192. The van der Waals surface area contributed by atoms with Crippen LogP contribution < -0.4 is 11.2 Å². The maximum Gasteiger partial charge on any atom is 0.423 e. The normalized spacial score (nSPS) is 12.4. The molecule has 4 aromatic rings. The van der Waals surface area contributed by atoms with E-state index in [2.05, 4.69) is 10.1 Å². The van der Waals surface area contributed by atoms with Gasteiger partial charge in [-0.25, -0.2) is 19.1 Å². The summed E-state index contributed by atoms with van der Waals surface area (Å²) in [5, 5.41) is 4.21. The van der Waals surface area contributed by atoms with Gasteiger partial charge >= 0.3 is 23.9 Å². The first-order chi connectivity index (χ1) is 20.4. The number of aryl methyl sites for hydroxylation is 1. The van der Waals surface area contributed by atoms with Crippen LogP contribution in [0.3, 0.4) is 0 Å². The predicted molar refractivity (Wildman–Crippen MR) is 148 cm³/mol. The minimum atomic E-state index is -4.52. The second-order valence-corrected chi connectivity index (χ2v) is 9.74. The van der Waals surface area contributed by atoms with Gasteiger partial charge in [-0.3, -0.25) is 23.4 Å². The minimum absolute atomic E-state index is 0.0397. The Hall–Kier alpha value is -4.69. The number of hydrogen-bond donors (Lipinski definition) is 0. The minimum Gasteiger partial charge on any atom is -0.425 e. The van der Waals surface area contributed by atoms with Crippen LogP contribution in [0.4, 0.5) is 18.0 Å². The summed E-state index contributed by atoms with van der Waals surface area (Å²) in [5.74, 6) is -0.685. The van der Waals surface area contributed by atoms with Gasteiger partial charge in [0.1, 0.15) is 0 Å². The van der Waals surface area contributed by atoms with Crippen LogP contribution in [0.15, 0.2) is 46.2 Å². The highest BCUT2D eigenvalue weighted by molar-refractivity contribution is 5.90. The highest BCUT2D eigenvalue weighted by Gasteiger charge is 2.31. The standard InChI is InChI=1S/C28H31F3N6O6/c1-5-9-21(38)42-17(4)43-27(41)37-22-24(35(7-3)26(40)36(12-6-2)25(22)39)33-23(37)19-14-32-34(16-19)15-18-10-8-11-20(13-18)28(29,30)31/h8,10-11,13-14,16-17H,5-7,9,12,15H2,1-4H3. The molecular weight excluding hydrogens is 573 g/mol. The number of imidazole rings is 1. The molecule has 43 heavy (non-hydrogen) atoms. The average molecular weight is 605 g/mol. The number of benzene rings is 1. The number of alkyl halides is 3. The molecule has 1 aromatic carbocycles. The summed E-state index contributed by atoms with van der Waals surface area (Å²) in [6.07, 6.45) is -3.07. The molecule has 1 atom stereocenters. The molecule has 3 aromatic heterocycles. The van der Waals surface area contributed by atoms with E-state index >= 15 is 0 Å². The largest absolute Gasteiger partial charge is 0.425 e. The van der Waals surface area contributed by atoms with Gasteiger partial charge < -0.3 is 9.47 Å². The fraction of sp³-hybridized carbons (Fsp3) is 0.429. The van der Waals surface area contributed by atoms with E-state index in [0.717, 1.165) is 21.3 Å². The molecule has 4 rings (SSSR count). The number of carbonyl (C=O) groups excluding carboxylic acids is 2. The van der Waals surface area contributed by atoms with Gasteiger partial charge in [0, 0.05) is 32.6 Å². The predicted octanol–water partition coefficient (Wildman–Crippen LogP) is 4.39. The SMILES string of the molecule is CCCC(=O)OC(C)OC(=O)n1c(-c2cnn(Cc3cccc(C(F)(F)F)c3)c2)nc2c1c(=O)n(CCC)c(=O)n2CC. The summed E-state index contributed by atoms with van der Waals surface area (Å²) in [4.78, 5) is 56.6. The Labute approximate surface area is 243 Å². The summed E-state index contributed by atoms with van der Waals surface area (Å²) in [6, 6.07) is 4.77. The van der Waals surface area contributed by atoms with Gasteiger partial charge in [-0.2, -0.15) is 18.3 Å². The zero-order chi connectivity index (χ0) is 31.5. The molecule has 0 fully saturated rings. The molecule has 0 radical (unpaired) electrons. The van der Waals surface area contributed by atoms with Crippen molar-refractivity contribution in [1.82, 2.24) is 28.5 Å². The maximum atomic E-state index is 13.6. The molecule has 1 unspecified atom stereocenters. The molecule has 0 aliphatic rings. The van der Waals surface area contributed by atoms with Crippen molar-refractivity contribution in [2.24, 2.45) is 0 Å². The Morgan fingerprint density at radius 3 is 2.44 bits per heavy atom. The maximum absolute atomic E-state index is 13.6. The number of ether oxygens (including phenoxy) is 2. The Balaban J connectivity index is 1.83. The fourth-order valence-electron chi connectivity index (χ4n) is 4.58. The van der Waals surface area contributed by atoms with Gasteiger partial charge in [0.05, 0.1) is 23.9 Å². The third-order valence-electron chi connectivity index (χ3n) is 6.48. The van der Waals surface area contributed by atoms with Crippen LogP contribution in [0.5, 0.6) is 0 Å². The van der Waals surface area contributed by atoms with Crippen LogP contribution in [0.2, 0.25) is 0 Å². The molecule has 230 valence electrons. The zero-order valence-electron chi connectivity index (χ0n) is 24.1. The van der Waals surface area contributed by atoms with E-state index in [0.29, 0.717) is 18.4 Å². The van der Waals surface area contributed by atoms with Crippen molar-refractivity contribution in [3.63, 3.8) is 0 Å². The van der Waals surface area contributed by atoms with E-state index in [1.54, 1.807) is 20.8 Å². The molecule has 0 saturated heterocycles. The van der Waals surface area contributed by atoms with Gasteiger partial charge in [-0.1, -0.05) is 26.0 Å². The molecule has 0 saturated carbocycles. The van der Waals surface area contributed by atoms with Crippen molar-refractivity contribution in [3.05, 3.63) is 68.6 Å². The number of nitrogens with zero attached hydrogens (tertiary/aromatic N) is 6. The average Bonchev–Trinajstić information content (AvgIpc) is 3.56. The topological polar surface area (TPSA) is 132 Å². The van der Waals surface area contributed by atoms with E-state index in [4.69, 9.17) is 9.47 Å². The third-order valence-corrected chi connectivity index (χ3v) is 6.48. The first-order valence-corrected chi connectivity index (χ1v) is 13.7. The van der Waals surface area contributed by atoms with E-state index < -0.39 is 41.3 Å². The lowest BCUT2D eigenvalue weighted by Crippen LogP contribution is -2.41. The third kappa shape index (κ3) is 6.54. The number of halogens is 3. The summed E-state index contributed by atoms with van der Waals surface area (Å²) in [6.45, 7) is 6.77. The lowest BCUT2D eigenvalue weighted by Gasteiger charge is -2.15. The zero-order valence-corrected chi connectivity index (χ0v) is 24.1. The molecule has 0 bridgehead atoms. The fourth-order valence-corrected chi connectivity index (χ4v) is 4.58. The van der Waals surface area contributed by atoms with E-state index in [1.807, 2.05) is 0 Å². The van der Waals surface area contributed by atoms with E-state index in [9.17, 15) is 32.3 Å². The smallest absolute Gasteiger partial charge is 0.423 e. The summed E-state index contributed by atoms with van der Waals surface area (Å²) in [5.41, 5.74) is -1.94. The van der Waals surface area contributed by atoms with Crippen molar-refractivity contribution >= 4 is 23.2 Å². The molecule has 0 aliphatic carbocycles. The van der Waals surface area contributed by atoms with Gasteiger partial charge in [-0.05, 0) is 37.5 Å². The van der Waals surface area contributed by atoms with Crippen molar-refractivity contribution < 1.29 is 32.2 Å². The number of carbonyl (C=O) groups is 2. The van der Waals surface area contributed by atoms with Crippen LogP contribution in [0.25, 0.3) is 22.6 Å². The van der Waals surface area contributed by atoms with Crippen LogP contribution in [-0.2, 0) is 40.1 Å². The molecule has 0 spiro atoms. The monoisotopic (exact) mass is 604 g/mol. The molecule has 12 nitrogen and oxygen atoms in total. The molecule has 15 heteroatoms. The van der Waals surface area contributed by atoms with E-state index in [-0.39, 0.29) is 48.6 Å². The van der Waals surface area contributed by atoms with E-state index in [1.165, 1.54) is 40.7 Å². The van der Waals surface area contributed by atoms with Crippen molar-refractivity contribution in [2.45, 2.75) is 79.1 Å². The number of fused-ring (bicyclic) bond motifs is 1. The van der Waals surface area contributed by atoms with Gasteiger partial charge in [0.15, 0.2) is 17.0 Å². The van der Waals surface area contributed by atoms with Crippen LogP contribution >= 0.6 is 0 Å². The highest BCUT2D eigenvalue weighted by atomic mass is 19.4. The highest BCUT2D eigenvalue weighted by Crippen LogP contribution is 2.30. The number of esters is 1. The molecule has 0 aliphatic heterocycles. The summed E-state index contributed by atoms with van der Waals surface area (Å²) in [7, 11) is 0. The van der Waals surface area contributed by atoms with Crippen LogP contribution in [-0.4, -0.2) is 46.8 Å². The van der Waals surface area contributed by atoms with Crippen LogP contribution in [0.1, 0.15) is 58.1 Å². The van der Waals surface area contributed by atoms with Gasteiger partial charge in [0.2, 0.25) is 6.29 Å². The summed E-state index contributed by atoms with van der Waals surface area (Å²) >= 11 is 0. The lowest BCUT2D eigenvalue weighted by molar-refractivity contribution is -0.164. The first-order valence-electron chi connectivity index (χ1n) is 13.7. The number of rotatable bonds is 10. The first kappa shape index (κ1) is 31.3. The van der Waals surface area contributed by atoms with Gasteiger partial charge in [0.25, 0.3) is 5.56 Å². The molecule has 0 amide bonds. The molecule has 0 N–H and O–H groups in total. The Morgan fingerprint density at radius 2 is 1.79 bits per heavy atom. The number of hydrogen-bond acceptors (Lipinski definition) is 8. The van der Waals surface area contributed by atoms with Crippen LogP contribution in [0, 0.1) is 0 Å². The molecular formula is C28H31F3N6O6. The Morgan fingerprint density at radius 1 is 1.05 bits per heavy atom. The second kappa shape index (κ2) is 12.7. The number of aromatic nitrogens is 6. The Kier molecular flexibility index (Phi) is 9.21. The van der Waals surface area contributed by atoms with Crippen molar-refractivity contribution in [3.8, 4) is 11.4 Å². The second-order valence-electron chi connectivity index (χ2n) is 9.74. The van der Waals surface area contributed by atoms with Crippen molar-refractivity contribution in [1.29, 1.82) is 0 Å². The summed E-state index contributed by atoms with van der Waals surface area (Å²) < 4.78 is 54.6. The molecule has 3 heterocycles.